The number of hydrogen-bond donors (Lipinski definition) is 0. The van der Waals surface area contributed by atoms with Crippen LogP contribution in [0.3, 0.4) is 0 Å². The van der Waals surface area contributed by atoms with Crippen molar-refractivity contribution in [3.8, 4) is 0 Å². The second kappa shape index (κ2) is 1.66. The molecule has 2 heteroatoms. The molecule has 0 aromatic carbocycles. The van der Waals surface area contributed by atoms with E-state index in [0.717, 1.165) is 5.92 Å². The molecule has 2 aliphatic rings. The number of hydrogen-bond acceptors (Lipinski definition) is 2. The van der Waals surface area contributed by atoms with Crippen molar-refractivity contribution in [2.75, 3.05) is 0 Å². The van der Waals surface area contributed by atoms with E-state index in [4.69, 9.17) is 0 Å². The van der Waals surface area contributed by atoms with Gasteiger partial charge in [-0.05, 0) is 25.7 Å². The Bertz CT molecular complexity index is 177. The molecule has 2 rings (SSSR count). The predicted molar refractivity (Wildman–Crippen MR) is 38.1 cm³/mol. The minimum absolute atomic E-state index is 0.387. The molecule has 1 saturated carbocycles. The van der Waals surface area contributed by atoms with Crippen LogP contribution in [-0.2, 0) is 0 Å². The van der Waals surface area contributed by atoms with Gasteiger partial charge in [-0.2, -0.15) is 0 Å². The van der Waals surface area contributed by atoms with Gasteiger partial charge in [-0.15, -0.1) is 0 Å². The molecule has 0 aromatic heterocycles. The Hall–Kier alpha value is -0.660. The van der Waals surface area contributed by atoms with E-state index in [2.05, 4.69) is 16.9 Å². The Labute approximate surface area is 54.7 Å². The van der Waals surface area contributed by atoms with Crippen molar-refractivity contribution in [1.82, 2.24) is 0 Å². The summed E-state index contributed by atoms with van der Waals surface area (Å²) in [5, 5.41) is 0. The highest BCUT2D eigenvalue weighted by atomic mass is 15.0. The summed E-state index contributed by atoms with van der Waals surface area (Å²) < 4.78 is 0. The summed E-state index contributed by atoms with van der Waals surface area (Å²) in [4.78, 5) is 8.35. The SMILES string of the molecule is CC1N=CN=C1C1CC1. The fourth-order valence-corrected chi connectivity index (χ4v) is 1.21. The Balaban J connectivity index is 2.12. The van der Waals surface area contributed by atoms with Crippen LogP contribution >= 0.6 is 0 Å². The predicted octanol–water partition coefficient (Wildman–Crippen LogP) is 1.27. The van der Waals surface area contributed by atoms with Gasteiger partial charge >= 0.3 is 0 Å². The molecule has 1 aliphatic heterocycles. The van der Waals surface area contributed by atoms with Crippen LogP contribution < -0.4 is 0 Å². The van der Waals surface area contributed by atoms with Crippen LogP contribution in [-0.4, -0.2) is 18.1 Å². The van der Waals surface area contributed by atoms with Crippen LogP contribution in [0.4, 0.5) is 0 Å². The molecular formula is C7H10N2. The van der Waals surface area contributed by atoms with Gasteiger partial charge < -0.3 is 0 Å². The zero-order valence-corrected chi connectivity index (χ0v) is 5.54. The topological polar surface area (TPSA) is 24.7 Å². The minimum atomic E-state index is 0.387. The summed E-state index contributed by atoms with van der Waals surface area (Å²) in [6.45, 7) is 2.11. The molecule has 0 amide bonds. The van der Waals surface area contributed by atoms with Crippen molar-refractivity contribution in [1.29, 1.82) is 0 Å². The highest BCUT2D eigenvalue weighted by Gasteiger charge is 2.31. The van der Waals surface area contributed by atoms with Gasteiger partial charge in [-0.3, -0.25) is 4.99 Å². The number of rotatable bonds is 1. The van der Waals surface area contributed by atoms with E-state index in [1.165, 1.54) is 18.6 Å². The van der Waals surface area contributed by atoms with Gasteiger partial charge in [0, 0.05) is 5.71 Å². The summed E-state index contributed by atoms with van der Waals surface area (Å²) in [6.07, 6.45) is 4.37. The standard InChI is InChI=1S/C7H10N2/c1-5-7(6-2-3-6)9-4-8-5/h4-6H,2-3H2,1H3. The number of nitrogens with zero attached hydrogens (tertiary/aromatic N) is 2. The first-order valence-electron chi connectivity index (χ1n) is 3.47. The number of aliphatic imine (C=N–C) groups is 2. The third kappa shape index (κ3) is 0.784. The second-order valence-corrected chi connectivity index (χ2v) is 2.77. The third-order valence-corrected chi connectivity index (χ3v) is 1.92. The molecule has 0 spiro atoms. The van der Waals surface area contributed by atoms with Crippen molar-refractivity contribution in [3.63, 3.8) is 0 Å². The van der Waals surface area contributed by atoms with E-state index >= 15 is 0 Å². The molecule has 0 aromatic rings. The summed E-state index contributed by atoms with van der Waals surface area (Å²) in [6, 6.07) is 0.387. The third-order valence-electron chi connectivity index (χ3n) is 1.92. The molecule has 0 bridgehead atoms. The quantitative estimate of drug-likeness (QED) is 0.500. The molecule has 1 aliphatic carbocycles. The van der Waals surface area contributed by atoms with Gasteiger partial charge in [-0.1, -0.05) is 0 Å². The summed E-state index contributed by atoms with van der Waals surface area (Å²) in [5.41, 5.74) is 1.31. The van der Waals surface area contributed by atoms with Gasteiger partial charge in [0.25, 0.3) is 0 Å². The summed E-state index contributed by atoms with van der Waals surface area (Å²) in [7, 11) is 0. The van der Waals surface area contributed by atoms with Gasteiger partial charge in [0.2, 0.25) is 0 Å². The van der Waals surface area contributed by atoms with E-state index in [1.807, 2.05) is 0 Å². The lowest BCUT2D eigenvalue weighted by Gasteiger charge is -2.00. The maximum atomic E-state index is 4.20. The molecule has 1 unspecified atom stereocenters. The Morgan fingerprint density at radius 3 is 2.78 bits per heavy atom. The van der Waals surface area contributed by atoms with E-state index in [1.54, 1.807) is 6.34 Å². The van der Waals surface area contributed by atoms with Crippen molar-refractivity contribution in [2.45, 2.75) is 25.8 Å². The van der Waals surface area contributed by atoms with Crippen LogP contribution in [0.15, 0.2) is 9.98 Å². The maximum absolute atomic E-state index is 4.20. The van der Waals surface area contributed by atoms with Gasteiger partial charge in [0.1, 0.15) is 6.34 Å². The molecule has 9 heavy (non-hydrogen) atoms. The molecule has 1 fully saturated rings. The van der Waals surface area contributed by atoms with Crippen LogP contribution in [0.5, 0.6) is 0 Å². The largest absolute Gasteiger partial charge is 0.264 e. The van der Waals surface area contributed by atoms with Crippen molar-refractivity contribution in [2.24, 2.45) is 15.9 Å². The van der Waals surface area contributed by atoms with Crippen LogP contribution in [0, 0.1) is 5.92 Å². The molecule has 0 radical (unpaired) electrons. The van der Waals surface area contributed by atoms with Crippen LogP contribution in [0.1, 0.15) is 19.8 Å². The molecule has 48 valence electrons. The summed E-state index contributed by atoms with van der Waals surface area (Å²) in [5.74, 6) is 0.794. The van der Waals surface area contributed by atoms with E-state index < -0.39 is 0 Å². The normalized spacial score (nSPS) is 33.0. The average Bonchev–Trinajstić information content (AvgIpc) is 2.58. The highest BCUT2D eigenvalue weighted by molar-refractivity contribution is 6.01. The first-order valence-corrected chi connectivity index (χ1v) is 3.47. The first-order chi connectivity index (χ1) is 4.38. The van der Waals surface area contributed by atoms with Crippen molar-refractivity contribution >= 4 is 12.1 Å². The van der Waals surface area contributed by atoms with E-state index in [0.29, 0.717) is 6.04 Å². The van der Waals surface area contributed by atoms with Crippen molar-refractivity contribution in [3.05, 3.63) is 0 Å². The lowest BCUT2D eigenvalue weighted by atomic mass is 10.1. The van der Waals surface area contributed by atoms with E-state index in [9.17, 15) is 0 Å². The molecule has 0 N–H and O–H groups in total. The smallest absolute Gasteiger partial charge is 0.110 e. The highest BCUT2D eigenvalue weighted by Crippen LogP contribution is 2.33. The van der Waals surface area contributed by atoms with Gasteiger partial charge in [0.15, 0.2) is 0 Å². The fourth-order valence-electron chi connectivity index (χ4n) is 1.21. The Kier molecular flexibility index (Phi) is 0.949. The summed E-state index contributed by atoms with van der Waals surface area (Å²) >= 11 is 0. The molecule has 0 saturated heterocycles. The molecule has 2 nitrogen and oxygen atoms in total. The van der Waals surface area contributed by atoms with Crippen molar-refractivity contribution < 1.29 is 0 Å². The Morgan fingerprint density at radius 2 is 2.33 bits per heavy atom. The van der Waals surface area contributed by atoms with E-state index in [-0.39, 0.29) is 0 Å². The minimum Gasteiger partial charge on any atom is -0.264 e. The monoisotopic (exact) mass is 122 g/mol. The van der Waals surface area contributed by atoms with Crippen LogP contribution in [0.25, 0.3) is 0 Å². The van der Waals surface area contributed by atoms with Gasteiger partial charge in [-0.25, -0.2) is 4.99 Å². The zero-order chi connectivity index (χ0) is 6.27. The maximum Gasteiger partial charge on any atom is 0.110 e. The average molecular weight is 122 g/mol. The molecule has 1 atom stereocenters. The second-order valence-electron chi connectivity index (χ2n) is 2.77. The Morgan fingerprint density at radius 1 is 1.56 bits per heavy atom. The molecule has 1 heterocycles. The molecular weight excluding hydrogens is 112 g/mol. The zero-order valence-electron chi connectivity index (χ0n) is 5.54. The van der Waals surface area contributed by atoms with Gasteiger partial charge in [0.05, 0.1) is 6.04 Å². The fraction of sp³-hybridized carbons (Fsp3) is 0.714. The first kappa shape index (κ1) is 5.15. The lowest BCUT2D eigenvalue weighted by molar-refractivity contribution is 0.951. The lowest BCUT2D eigenvalue weighted by Crippen LogP contribution is -2.12. The van der Waals surface area contributed by atoms with Crippen LogP contribution in [0.2, 0.25) is 0 Å².